The Morgan fingerprint density at radius 1 is 1.29 bits per heavy atom. The Bertz CT molecular complexity index is 193. The van der Waals surface area contributed by atoms with Crippen molar-refractivity contribution in [3.8, 4) is 0 Å². The van der Waals surface area contributed by atoms with E-state index in [1.807, 2.05) is 0 Å². The Kier molecular flexibility index (Phi) is 7.09. The molecule has 0 spiro atoms. The molecule has 0 saturated carbocycles. The fourth-order valence-electron chi connectivity index (χ4n) is 2.67. The standard InChI is InChI=1S/C14H30N2O/c1-4-7-16-8-9-17-14(11-16)13(15)10-12(5-2)6-3/h12-14H,4-11,15H2,1-3H3. The molecule has 1 aliphatic heterocycles. The summed E-state index contributed by atoms with van der Waals surface area (Å²) in [4.78, 5) is 2.49. The highest BCUT2D eigenvalue weighted by Gasteiger charge is 2.26. The van der Waals surface area contributed by atoms with Crippen LogP contribution in [-0.2, 0) is 4.74 Å². The fourth-order valence-corrected chi connectivity index (χ4v) is 2.67. The second-order valence-electron chi connectivity index (χ2n) is 5.29. The molecule has 2 N–H and O–H groups in total. The van der Waals surface area contributed by atoms with Gasteiger partial charge < -0.3 is 10.5 Å². The van der Waals surface area contributed by atoms with E-state index in [1.54, 1.807) is 0 Å². The maximum atomic E-state index is 6.31. The molecule has 102 valence electrons. The molecule has 3 nitrogen and oxygen atoms in total. The van der Waals surface area contributed by atoms with Crippen LogP contribution in [0.25, 0.3) is 0 Å². The Morgan fingerprint density at radius 3 is 2.59 bits per heavy atom. The highest BCUT2D eigenvalue weighted by molar-refractivity contribution is 4.82. The molecule has 0 aromatic rings. The summed E-state index contributed by atoms with van der Waals surface area (Å²) in [6.07, 6.45) is 5.04. The first-order valence-electron chi connectivity index (χ1n) is 7.30. The molecule has 1 saturated heterocycles. The van der Waals surface area contributed by atoms with Crippen molar-refractivity contribution in [1.29, 1.82) is 0 Å². The number of ether oxygens (including phenoxy) is 1. The lowest BCUT2D eigenvalue weighted by atomic mass is 9.92. The van der Waals surface area contributed by atoms with E-state index in [2.05, 4.69) is 25.7 Å². The number of nitrogens with zero attached hydrogens (tertiary/aromatic N) is 1. The molecule has 2 unspecified atom stereocenters. The van der Waals surface area contributed by atoms with Crippen molar-refractivity contribution in [1.82, 2.24) is 4.90 Å². The topological polar surface area (TPSA) is 38.5 Å². The number of morpholine rings is 1. The Hall–Kier alpha value is -0.120. The van der Waals surface area contributed by atoms with Gasteiger partial charge in [-0.1, -0.05) is 33.6 Å². The lowest BCUT2D eigenvalue weighted by molar-refractivity contribution is -0.0435. The monoisotopic (exact) mass is 242 g/mol. The zero-order valence-electron chi connectivity index (χ0n) is 11.8. The van der Waals surface area contributed by atoms with Gasteiger partial charge >= 0.3 is 0 Å². The average Bonchev–Trinajstić information content (AvgIpc) is 2.36. The molecular formula is C14H30N2O. The number of nitrogens with two attached hydrogens (primary N) is 1. The molecule has 17 heavy (non-hydrogen) atoms. The van der Waals surface area contributed by atoms with Crippen LogP contribution in [0.2, 0.25) is 0 Å². The van der Waals surface area contributed by atoms with Crippen LogP contribution in [0.3, 0.4) is 0 Å². The quantitative estimate of drug-likeness (QED) is 0.744. The molecule has 2 atom stereocenters. The van der Waals surface area contributed by atoms with Gasteiger partial charge in [-0.25, -0.2) is 0 Å². The van der Waals surface area contributed by atoms with Crippen molar-refractivity contribution in [2.45, 2.75) is 58.6 Å². The van der Waals surface area contributed by atoms with Gasteiger partial charge in [-0.05, 0) is 25.3 Å². The van der Waals surface area contributed by atoms with Gasteiger partial charge in [0.25, 0.3) is 0 Å². The molecular weight excluding hydrogens is 212 g/mol. The van der Waals surface area contributed by atoms with Crippen molar-refractivity contribution >= 4 is 0 Å². The van der Waals surface area contributed by atoms with Crippen LogP contribution in [0.4, 0.5) is 0 Å². The molecule has 3 heteroatoms. The molecule has 1 aliphatic rings. The van der Waals surface area contributed by atoms with Crippen molar-refractivity contribution in [3.63, 3.8) is 0 Å². The second kappa shape index (κ2) is 8.06. The highest BCUT2D eigenvalue weighted by atomic mass is 16.5. The van der Waals surface area contributed by atoms with Gasteiger partial charge in [0.15, 0.2) is 0 Å². The van der Waals surface area contributed by atoms with Crippen LogP contribution in [0.15, 0.2) is 0 Å². The smallest absolute Gasteiger partial charge is 0.0853 e. The van der Waals surface area contributed by atoms with Crippen molar-refractivity contribution in [3.05, 3.63) is 0 Å². The Balaban J connectivity index is 2.37. The summed E-state index contributed by atoms with van der Waals surface area (Å²) in [5, 5.41) is 0. The predicted octanol–water partition coefficient (Wildman–Crippen LogP) is 2.25. The van der Waals surface area contributed by atoms with Gasteiger partial charge in [0, 0.05) is 19.1 Å². The molecule has 1 fully saturated rings. The van der Waals surface area contributed by atoms with Crippen LogP contribution < -0.4 is 5.73 Å². The minimum absolute atomic E-state index is 0.208. The molecule has 0 aromatic heterocycles. The zero-order chi connectivity index (χ0) is 12.7. The Labute approximate surface area is 107 Å². The summed E-state index contributed by atoms with van der Waals surface area (Å²) in [5.41, 5.74) is 6.31. The van der Waals surface area contributed by atoms with E-state index in [0.717, 1.165) is 32.0 Å². The molecule has 1 rings (SSSR count). The van der Waals surface area contributed by atoms with E-state index in [4.69, 9.17) is 10.5 Å². The average molecular weight is 242 g/mol. The summed E-state index contributed by atoms with van der Waals surface area (Å²) in [6, 6.07) is 0.208. The van der Waals surface area contributed by atoms with E-state index >= 15 is 0 Å². The van der Waals surface area contributed by atoms with Crippen LogP contribution in [0, 0.1) is 5.92 Å². The van der Waals surface area contributed by atoms with E-state index < -0.39 is 0 Å². The van der Waals surface area contributed by atoms with Crippen molar-refractivity contribution < 1.29 is 4.74 Å². The summed E-state index contributed by atoms with van der Waals surface area (Å²) in [6.45, 7) is 10.9. The van der Waals surface area contributed by atoms with E-state index in [0.29, 0.717) is 0 Å². The minimum Gasteiger partial charge on any atom is -0.374 e. The highest BCUT2D eigenvalue weighted by Crippen LogP contribution is 2.18. The van der Waals surface area contributed by atoms with E-state index in [-0.39, 0.29) is 12.1 Å². The molecule has 1 heterocycles. The zero-order valence-corrected chi connectivity index (χ0v) is 11.8. The van der Waals surface area contributed by atoms with Crippen molar-refractivity contribution in [2.75, 3.05) is 26.2 Å². The van der Waals surface area contributed by atoms with Gasteiger partial charge in [0.2, 0.25) is 0 Å². The maximum Gasteiger partial charge on any atom is 0.0853 e. The third-order valence-corrected chi connectivity index (χ3v) is 3.96. The third kappa shape index (κ3) is 4.94. The molecule has 0 radical (unpaired) electrons. The van der Waals surface area contributed by atoms with E-state index in [9.17, 15) is 0 Å². The second-order valence-corrected chi connectivity index (χ2v) is 5.29. The lowest BCUT2D eigenvalue weighted by Crippen LogP contribution is -2.51. The largest absolute Gasteiger partial charge is 0.374 e. The maximum absolute atomic E-state index is 6.31. The van der Waals surface area contributed by atoms with Gasteiger partial charge in [0.05, 0.1) is 12.7 Å². The minimum atomic E-state index is 0.208. The van der Waals surface area contributed by atoms with Gasteiger partial charge in [-0.3, -0.25) is 4.90 Å². The molecule has 0 aromatic carbocycles. The van der Waals surface area contributed by atoms with Crippen LogP contribution >= 0.6 is 0 Å². The van der Waals surface area contributed by atoms with Gasteiger partial charge in [0.1, 0.15) is 0 Å². The first kappa shape index (κ1) is 14.9. The SMILES string of the molecule is CCCN1CCOC(C(N)CC(CC)CC)C1. The fraction of sp³-hybridized carbons (Fsp3) is 1.00. The summed E-state index contributed by atoms with van der Waals surface area (Å²) in [5.74, 6) is 0.759. The lowest BCUT2D eigenvalue weighted by Gasteiger charge is -2.36. The summed E-state index contributed by atoms with van der Waals surface area (Å²) < 4.78 is 5.84. The summed E-state index contributed by atoms with van der Waals surface area (Å²) in [7, 11) is 0. The van der Waals surface area contributed by atoms with Gasteiger partial charge in [-0.15, -0.1) is 0 Å². The first-order valence-corrected chi connectivity index (χ1v) is 7.30. The third-order valence-electron chi connectivity index (χ3n) is 3.96. The molecule has 0 amide bonds. The molecule has 0 aliphatic carbocycles. The number of rotatable bonds is 7. The first-order chi connectivity index (χ1) is 8.21. The van der Waals surface area contributed by atoms with Crippen LogP contribution in [0.5, 0.6) is 0 Å². The normalized spacial score (nSPS) is 24.2. The number of hydrogen-bond acceptors (Lipinski definition) is 3. The van der Waals surface area contributed by atoms with Gasteiger partial charge in [-0.2, -0.15) is 0 Å². The molecule has 0 bridgehead atoms. The number of hydrogen-bond donors (Lipinski definition) is 1. The summed E-state index contributed by atoms with van der Waals surface area (Å²) >= 11 is 0. The van der Waals surface area contributed by atoms with E-state index in [1.165, 1.54) is 25.8 Å². The van der Waals surface area contributed by atoms with Crippen molar-refractivity contribution in [2.24, 2.45) is 11.7 Å². The predicted molar refractivity (Wildman–Crippen MR) is 73.1 cm³/mol. The van der Waals surface area contributed by atoms with Crippen LogP contribution in [-0.4, -0.2) is 43.3 Å². The Morgan fingerprint density at radius 2 is 2.00 bits per heavy atom. The van der Waals surface area contributed by atoms with Crippen LogP contribution in [0.1, 0.15) is 46.5 Å².